The van der Waals surface area contributed by atoms with Gasteiger partial charge in [0.15, 0.2) is 0 Å². The number of pyridine rings is 1. The van der Waals surface area contributed by atoms with Gasteiger partial charge in [-0.1, -0.05) is 19.3 Å². The smallest absolute Gasteiger partial charge is 0.137 e. The van der Waals surface area contributed by atoms with Gasteiger partial charge >= 0.3 is 0 Å². The van der Waals surface area contributed by atoms with Gasteiger partial charge in [0.2, 0.25) is 0 Å². The van der Waals surface area contributed by atoms with Crippen LogP contribution >= 0.6 is 0 Å². The second-order valence-electron chi connectivity index (χ2n) is 5.44. The first kappa shape index (κ1) is 13.8. The highest BCUT2D eigenvalue weighted by Gasteiger charge is 2.22. The van der Waals surface area contributed by atoms with Gasteiger partial charge in [-0.2, -0.15) is 5.10 Å². The van der Waals surface area contributed by atoms with Crippen LogP contribution in [0.15, 0.2) is 17.4 Å². The average molecular weight is 260 g/mol. The Hall–Kier alpha value is -1.58. The van der Waals surface area contributed by atoms with Crippen LogP contribution in [-0.2, 0) is 0 Å². The number of hydrazone groups is 1. The SMILES string of the molecule is C/C(=N/N)c1c(C)ccnc1N(C)C1CCCCC1. The topological polar surface area (TPSA) is 54.5 Å². The Kier molecular flexibility index (Phi) is 4.40. The van der Waals surface area contributed by atoms with E-state index in [1.807, 2.05) is 19.2 Å². The fourth-order valence-corrected chi connectivity index (χ4v) is 2.96. The first-order valence-corrected chi connectivity index (χ1v) is 7.08. The van der Waals surface area contributed by atoms with E-state index in [0.29, 0.717) is 6.04 Å². The summed E-state index contributed by atoms with van der Waals surface area (Å²) in [4.78, 5) is 6.89. The Balaban J connectivity index is 2.35. The molecular formula is C15H24N4. The summed E-state index contributed by atoms with van der Waals surface area (Å²) in [6.45, 7) is 4.03. The van der Waals surface area contributed by atoms with E-state index in [9.17, 15) is 0 Å². The number of anilines is 1. The monoisotopic (exact) mass is 260 g/mol. The van der Waals surface area contributed by atoms with Gasteiger partial charge in [-0.05, 0) is 38.3 Å². The van der Waals surface area contributed by atoms with Gasteiger partial charge in [0.1, 0.15) is 5.82 Å². The van der Waals surface area contributed by atoms with Crippen molar-refractivity contribution < 1.29 is 0 Å². The summed E-state index contributed by atoms with van der Waals surface area (Å²) >= 11 is 0. The molecule has 0 aliphatic heterocycles. The highest BCUT2D eigenvalue weighted by molar-refractivity contribution is 6.04. The Morgan fingerprint density at radius 2 is 2.05 bits per heavy atom. The zero-order valence-corrected chi connectivity index (χ0v) is 12.2. The minimum absolute atomic E-state index is 0.590. The molecule has 0 amide bonds. The minimum Gasteiger partial charge on any atom is -0.356 e. The third-order valence-electron chi connectivity index (χ3n) is 4.15. The molecule has 1 aromatic rings. The van der Waals surface area contributed by atoms with Crippen LogP contribution in [0.5, 0.6) is 0 Å². The molecule has 0 radical (unpaired) electrons. The number of rotatable bonds is 3. The van der Waals surface area contributed by atoms with Crippen LogP contribution in [0.4, 0.5) is 5.82 Å². The number of aromatic nitrogens is 1. The maximum absolute atomic E-state index is 5.46. The van der Waals surface area contributed by atoms with Crippen LogP contribution in [0, 0.1) is 6.92 Å². The van der Waals surface area contributed by atoms with Gasteiger partial charge in [-0.15, -0.1) is 0 Å². The third-order valence-corrected chi connectivity index (χ3v) is 4.15. The van der Waals surface area contributed by atoms with Crippen LogP contribution in [0.2, 0.25) is 0 Å². The van der Waals surface area contributed by atoms with Gasteiger partial charge in [-0.3, -0.25) is 0 Å². The summed E-state index contributed by atoms with van der Waals surface area (Å²) in [7, 11) is 2.14. The number of aryl methyl sites for hydroxylation is 1. The molecule has 0 spiro atoms. The number of hydrogen-bond acceptors (Lipinski definition) is 4. The van der Waals surface area contributed by atoms with Crippen molar-refractivity contribution in [3.63, 3.8) is 0 Å². The summed E-state index contributed by atoms with van der Waals surface area (Å²) in [5, 5.41) is 3.86. The summed E-state index contributed by atoms with van der Waals surface area (Å²) in [6, 6.07) is 2.61. The first-order chi connectivity index (χ1) is 9.15. The first-order valence-electron chi connectivity index (χ1n) is 7.08. The van der Waals surface area contributed by atoms with E-state index < -0.39 is 0 Å². The van der Waals surface area contributed by atoms with Crippen LogP contribution < -0.4 is 10.7 Å². The zero-order chi connectivity index (χ0) is 13.8. The molecule has 2 rings (SSSR count). The second-order valence-corrected chi connectivity index (χ2v) is 5.44. The van der Waals surface area contributed by atoms with Crippen LogP contribution in [0.25, 0.3) is 0 Å². The molecule has 1 aromatic heterocycles. The van der Waals surface area contributed by atoms with Crippen molar-refractivity contribution in [2.24, 2.45) is 10.9 Å². The van der Waals surface area contributed by atoms with E-state index in [1.165, 1.54) is 37.7 Å². The Morgan fingerprint density at radius 3 is 2.68 bits per heavy atom. The lowest BCUT2D eigenvalue weighted by Gasteiger charge is -2.33. The van der Waals surface area contributed by atoms with Crippen molar-refractivity contribution in [1.82, 2.24) is 4.98 Å². The predicted molar refractivity (Wildman–Crippen MR) is 80.6 cm³/mol. The summed E-state index contributed by atoms with van der Waals surface area (Å²) in [5.41, 5.74) is 3.11. The van der Waals surface area contributed by atoms with Crippen molar-refractivity contribution in [2.75, 3.05) is 11.9 Å². The van der Waals surface area contributed by atoms with Crippen molar-refractivity contribution in [3.8, 4) is 0 Å². The van der Waals surface area contributed by atoms with E-state index >= 15 is 0 Å². The van der Waals surface area contributed by atoms with E-state index in [-0.39, 0.29) is 0 Å². The molecule has 104 valence electrons. The average Bonchev–Trinajstić information content (AvgIpc) is 2.46. The third kappa shape index (κ3) is 2.88. The second kappa shape index (κ2) is 6.04. The molecule has 1 heterocycles. The molecule has 1 aliphatic carbocycles. The molecule has 1 fully saturated rings. The molecule has 0 bridgehead atoms. The highest BCUT2D eigenvalue weighted by atomic mass is 15.2. The zero-order valence-electron chi connectivity index (χ0n) is 12.2. The summed E-state index contributed by atoms with van der Waals surface area (Å²) in [6.07, 6.45) is 8.38. The van der Waals surface area contributed by atoms with E-state index in [2.05, 4.69) is 29.0 Å². The molecule has 2 N–H and O–H groups in total. The molecule has 0 aromatic carbocycles. The maximum Gasteiger partial charge on any atom is 0.137 e. The van der Waals surface area contributed by atoms with Crippen molar-refractivity contribution >= 4 is 11.5 Å². The quantitative estimate of drug-likeness (QED) is 0.516. The van der Waals surface area contributed by atoms with Crippen LogP contribution in [-0.4, -0.2) is 23.8 Å². The normalized spacial score (nSPS) is 17.5. The van der Waals surface area contributed by atoms with Crippen molar-refractivity contribution in [1.29, 1.82) is 0 Å². The number of nitrogens with two attached hydrogens (primary N) is 1. The van der Waals surface area contributed by atoms with Crippen molar-refractivity contribution in [2.45, 2.75) is 52.0 Å². The van der Waals surface area contributed by atoms with Crippen LogP contribution in [0.1, 0.15) is 50.2 Å². The van der Waals surface area contributed by atoms with E-state index in [0.717, 1.165) is 17.1 Å². The van der Waals surface area contributed by atoms with Crippen LogP contribution in [0.3, 0.4) is 0 Å². The van der Waals surface area contributed by atoms with Gasteiger partial charge in [0.25, 0.3) is 0 Å². The van der Waals surface area contributed by atoms with E-state index in [4.69, 9.17) is 5.84 Å². The summed E-state index contributed by atoms with van der Waals surface area (Å²) < 4.78 is 0. The molecule has 0 unspecified atom stereocenters. The lowest BCUT2D eigenvalue weighted by atomic mass is 9.94. The molecule has 0 atom stereocenters. The standard InChI is InChI=1S/C15H24N4/c1-11-9-10-17-15(14(11)12(2)18-16)19(3)13-7-5-4-6-8-13/h9-10,13H,4-8,16H2,1-3H3/b18-12-. The van der Waals surface area contributed by atoms with Gasteiger partial charge in [-0.25, -0.2) is 4.98 Å². The van der Waals surface area contributed by atoms with Gasteiger partial charge < -0.3 is 10.7 Å². The molecule has 4 nitrogen and oxygen atoms in total. The van der Waals surface area contributed by atoms with E-state index in [1.54, 1.807) is 0 Å². The molecule has 1 aliphatic rings. The Labute approximate surface area is 115 Å². The molecule has 0 saturated heterocycles. The van der Waals surface area contributed by atoms with Gasteiger partial charge in [0.05, 0.1) is 5.71 Å². The summed E-state index contributed by atoms with van der Waals surface area (Å²) in [5.74, 6) is 6.47. The van der Waals surface area contributed by atoms with Crippen molar-refractivity contribution in [3.05, 3.63) is 23.4 Å². The molecular weight excluding hydrogens is 236 g/mol. The lowest BCUT2D eigenvalue weighted by molar-refractivity contribution is 0.426. The number of hydrogen-bond donors (Lipinski definition) is 1. The molecule has 1 saturated carbocycles. The molecule has 19 heavy (non-hydrogen) atoms. The number of nitrogens with zero attached hydrogens (tertiary/aromatic N) is 3. The lowest BCUT2D eigenvalue weighted by Crippen LogP contribution is -2.35. The fourth-order valence-electron chi connectivity index (χ4n) is 2.96. The Bertz CT molecular complexity index is 461. The Morgan fingerprint density at radius 1 is 1.37 bits per heavy atom. The van der Waals surface area contributed by atoms with Gasteiger partial charge in [0, 0.05) is 24.8 Å². The minimum atomic E-state index is 0.590. The fraction of sp³-hybridized carbons (Fsp3) is 0.600. The molecule has 4 heteroatoms. The largest absolute Gasteiger partial charge is 0.356 e. The maximum atomic E-state index is 5.46. The highest BCUT2D eigenvalue weighted by Crippen LogP contribution is 2.28. The predicted octanol–water partition coefficient (Wildman–Crippen LogP) is 2.84.